The number of ether oxygens (including phenoxy) is 3. The van der Waals surface area contributed by atoms with E-state index < -0.39 is 11.7 Å². The SMILES string of the molecule is C=CC1CCC(C2CCC(OC/C(CC)=C(F)/C(F)=C(\C)OC)CC2)CO1.CCC. The number of hydrogen-bond acceptors (Lipinski definition) is 3. The van der Waals surface area contributed by atoms with E-state index in [9.17, 15) is 8.78 Å². The molecule has 0 aromatic rings. The highest BCUT2D eigenvalue weighted by Gasteiger charge is 2.31. The van der Waals surface area contributed by atoms with Crippen molar-refractivity contribution in [3.8, 4) is 0 Å². The molecule has 2 aliphatic rings. The molecule has 0 N–H and O–H groups in total. The van der Waals surface area contributed by atoms with Gasteiger partial charge in [0, 0.05) is 0 Å². The smallest absolute Gasteiger partial charge is 0.196 e. The average molecular weight is 429 g/mol. The van der Waals surface area contributed by atoms with E-state index in [0.29, 0.717) is 23.8 Å². The summed E-state index contributed by atoms with van der Waals surface area (Å²) in [6.07, 6.45) is 10.3. The molecule has 30 heavy (non-hydrogen) atoms. The van der Waals surface area contributed by atoms with Crippen LogP contribution in [0.4, 0.5) is 8.78 Å². The van der Waals surface area contributed by atoms with Crippen molar-refractivity contribution < 1.29 is 23.0 Å². The van der Waals surface area contributed by atoms with Gasteiger partial charge in [-0.2, -0.15) is 0 Å². The minimum absolute atomic E-state index is 0.0487. The summed E-state index contributed by atoms with van der Waals surface area (Å²) in [6, 6.07) is 0. The molecule has 2 rings (SSSR count). The van der Waals surface area contributed by atoms with Gasteiger partial charge in [0.25, 0.3) is 0 Å². The van der Waals surface area contributed by atoms with E-state index in [4.69, 9.17) is 14.2 Å². The fourth-order valence-electron chi connectivity index (χ4n) is 4.01. The van der Waals surface area contributed by atoms with Crippen molar-refractivity contribution in [1.82, 2.24) is 0 Å². The Morgan fingerprint density at radius 2 is 1.60 bits per heavy atom. The van der Waals surface area contributed by atoms with Gasteiger partial charge in [-0.3, -0.25) is 0 Å². The van der Waals surface area contributed by atoms with E-state index in [1.807, 2.05) is 13.0 Å². The van der Waals surface area contributed by atoms with Crippen LogP contribution in [-0.4, -0.2) is 32.5 Å². The monoisotopic (exact) mass is 428 g/mol. The molecule has 3 nitrogen and oxygen atoms in total. The Hall–Kier alpha value is -1.20. The van der Waals surface area contributed by atoms with Crippen LogP contribution in [-0.2, 0) is 14.2 Å². The molecule has 2 atom stereocenters. The maximum Gasteiger partial charge on any atom is 0.196 e. The summed E-state index contributed by atoms with van der Waals surface area (Å²) >= 11 is 0. The Kier molecular flexibility index (Phi) is 13.2. The fraction of sp³-hybridized carbons (Fsp3) is 0.760. The molecule has 174 valence electrons. The zero-order valence-corrected chi connectivity index (χ0v) is 19.6. The third kappa shape index (κ3) is 8.50. The van der Waals surface area contributed by atoms with Crippen LogP contribution in [0.25, 0.3) is 0 Å². The first-order valence-corrected chi connectivity index (χ1v) is 11.6. The fourth-order valence-corrected chi connectivity index (χ4v) is 4.01. The summed E-state index contributed by atoms with van der Waals surface area (Å²) in [5.74, 6) is -0.522. The summed E-state index contributed by atoms with van der Waals surface area (Å²) in [5, 5.41) is 0. The largest absolute Gasteiger partial charge is 0.498 e. The van der Waals surface area contributed by atoms with Gasteiger partial charge in [-0.15, -0.1) is 6.58 Å². The molecule has 0 spiro atoms. The van der Waals surface area contributed by atoms with Crippen molar-refractivity contribution in [3.63, 3.8) is 0 Å². The molecule has 0 radical (unpaired) electrons. The van der Waals surface area contributed by atoms with Crippen LogP contribution in [0, 0.1) is 11.8 Å². The quantitative estimate of drug-likeness (QED) is 0.228. The van der Waals surface area contributed by atoms with Gasteiger partial charge < -0.3 is 14.2 Å². The molecule has 1 aliphatic carbocycles. The zero-order valence-electron chi connectivity index (χ0n) is 19.6. The van der Waals surface area contributed by atoms with Crippen molar-refractivity contribution in [2.45, 2.75) is 91.3 Å². The highest BCUT2D eigenvalue weighted by atomic mass is 19.2. The second-order valence-corrected chi connectivity index (χ2v) is 8.35. The topological polar surface area (TPSA) is 27.7 Å². The summed E-state index contributed by atoms with van der Waals surface area (Å²) < 4.78 is 44.8. The minimum Gasteiger partial charge on any atom is -0.498 e. The number of hydrogen-bond donors (Lipinski definition) is 0. The second kappa shape index (κ2) is 14.7. The third-order valence-electron chi connectivity index (χ3n) is 6.03. The van der Waals surface area contributed by atoms with Crippen LogP contribution in [0.3, 0.4) is 0 Å². The summed E-state index contributed by atoms with van der Waals surface area (Å²) in [4.78, 5) is 0. The number of methoxy groups -OCH3 is 1. The molecular weight excluding hydrogens is 386 g/mol. The maximum absolute atomic E-state index is 14.3. The summed E-state index contributed by atoms with van der Waals surface area (Å²) in [7, 11) is 1.33. The first-order valence-electron chi connectivity index (χ1n) is 11.6. The van der Waals surface area contributed by atoms with Crippen molar-refractivity contribution >= 4 is 0 Å². The van der Waals surface area contributed by atoms with Crippen LogP contribution in [0.1, 0.15) is 79.1 Å². The number of rotatable bonds is 8. The number of halogens is 2. The van der Waals surface area contributed by atoms with Gasteiger partial charge in [-0.25, -0.2) is 8.78 Å². The molecule has 0 aromatic heterocycles. The van der Waals surface area contributed by atoms with Crippen molar-refractivity contribution in [2.24, 2.45) is 11.8 Å². The van der Waals surface area contributed by atoms with Gasteiger partial charge in [0.15, 0.2) is 11.7 Å². The van der Waals surface area contributed by atoms with E-state index in [0.717, 1.165) is 38.7 Å². The molecule has 2 fully saturated rings. The molecule has 1 saturated heterocycles. The molecular formula is C25H42F2O3. The summed E-state index contributed by atoms with van der Waals surface area (Å²) in [6.45, 7) is 12.2. The van der Waals surface area contributed by atoms with E-state index >= 15 is 0 Å². The molecule has 2 unspecified atom stereocenters. The van der Waals surface area contributed by atoms with Crippen LogP contribution in [0.5, 0.6) is 0 Å². The zero-order chi connectivity index (χ0) is 22.5. The van der Waals surface area contributed by atoms with Gasteiger partial charge in [0.05, 0.1) is 32.5 Å². The molecule has 0 amide bonds. The first-order chi connectivity index (χ1) is 14.4. The van der Waals surface area contributed by atoms with Crippen molar-refractivity contribution in [2.75, 3.05) is 20.3 Å². The second-order valence-electron chi connectivity index (χ2n) is 8.35. The van der Waals surface area contributed by atoms with Crippen LogP contribution in [0.15, 0.2) is 35.6 Å². The number of allylic oxidation sites excluding steroid dienone is 3. The van der Waals surface area contributed by atoms with Gasteiger partial charge in [0.1, 0.15) is 5.76 Å². The van der Waals surface area contributed by atoms with Gasteiger partial charge in [0.2, 0.25) is 0 Å². The molecule has 0 bridgehead atoms. The average Bonchev–Trinajstić information content (AvgIpc) is 2.79. The maximum atomic E-state index is 14.3. The molecule has 1 saturated carbocycles. The molecule has 0 aromatic carbocycles. The molecule has 1 aliphatic heterocycles. The lowest BCUT2D eigenvalue weighted by Crippen LogP contribution is -2.33. The third-order valence-corrected chi connectivity index (χ3v) is 6.03. The van der Waals surface area contributed by atoms with Gasteiger partial charge in [-0.05, 0) is 69.3 Å². The Labute approximate surface area is 182 Å². The highest BCUT2D eigenvalue weighted by molar-refractivity contribution is 5.27. The van der Waals surface area contributed by atoms with Crippen LogP contribution >= 0.6 is 0 Å². The Morgan fingerprint density at radius 3 is 2.07 bits per heavy atom. The lowest BCUT2D eigenvalue weighted by atomic mass is 9.76. The normalized spacial score (nSPS) is 28.5. The van der Waals surface area contributed by atoms with E-state index in [2.05, 4.69) is 20.4 Å². The predicted molar refractivity (Wildman–Crippen MR) is 120 cm³/mol. The Morgan fingerprint density at radius 1 is 1.00 bits per heavy atom. The van der Waals surface area contributed by atoms with E-state index in [1.54, 1.807) is 0 Å². The molecule has 5 heteroatoms. The van der Waals surface area contributed by atoms with Crippen LogP contribution < -0.4 is 0 Å². The highest BCUT2D eigenvalue weighted by Crippen LogP contribution is 2.36. The lowest BCUT2D eigenvalue weighted by Gasteiger charge is -2.37. The summed E-state index contributed by atoms with van der Waals surface area (Å²) in [5.41, 5.74) is 0.349. The predicted octanol–water partition coefficient (Wildman–Crippen LogP) is 7.44. The van der Waals surface area contributed by atoms with E-state index in [-0.39, 0.29) is 24.6 Å². The van der Waals surface area contributed by atoms with E-state index in [1.165, 1.54) is 26.9 Å². The molecule has 1 heterocycles. The van der Waals surface area contributed by atoms with Gasteiger partial charge in [-0.1, -0.05) is 33.3 Å². The lowest BCUT2D eigenvalue weighted by molar-refractivity contribution is -0.0308. The Bertz CT molecular complexity index is 555. The minimum atomic E-state index is -0.934. The van der Waals surface area contributed by atoms with Crippen molar-refractivity contribution in [1.29, 1.82) is 0 Å². The van der Waals surface area contributed by atoms with Gasteiger partial charge >= 0.3 is 0 Å². The Balaban J connectivity index is 0.00000141. The van der Waals surface area contributed by atoms with Crippen molar-refractivity contribution in [3.05, 3.63) is 35.6 Å². The first kappa shape index (κ1) is 26.8. The standard InChI is InChI=1S/C22H34F2O3.C3H8/c1-5-16(22(24)21(23)15(3)25-4)13-27-20-11-7-17(8-12-20)18-9-10-19(6-2)26-14-18;1-3-2/h6,17-20H,2,5,7-14H2,1,3-4H3;3H2,1-2H3/b21-15-,22-16-;. The van der Waals surface area contributed by atoms with Crippen LogP contribution in [0.2, 0.25) is 0 Å².